The fourth-order valence-corrected chi connectivity index (χ4v) is 6.94. The Morgan fingerprint density at radius 2 is 1.98 bits per heavy atom. The van der Waals surface area contributed by atoms with Gasteiger partial charge in [-0.15, -0.1) is 10.2 Å². The summed E-state index contributed by atoms with van der Waals surface area (Å²) in [7, 11) is 0.435. The normalized spacial score (nSPS) is 11.9. The Morgan fingerprint density at radius 1 is 1.18 bits per heavy atom. The Hall–Kier alpha value is -3.45. The minimum Gasteiger partial charge on any atom is -0.461 e. The number of para-hydroxylation sites is 1. The van der Waals surface area contributed by atoms with Crippen molar-refractivity contribution in [1.82, 2.24) is 19.7 Å². The number of aromatic nitrogens is 4. The highest BCUT2D eigenvalue weighted by molar-refractivity contribution is 7.16. The molecule has 4 aromatic rings. The average Bonchev–Trinajstić information content (AvgIpc) is 3.58. The Kier molecular flexibility index (Phi) is 12.4. The fraction of sp³-hybridized carbons (Fsp3) is 0.452. The number of aliphatic hydroxyl groups is 1. The van der Waals surface area contributed by atoms with Gasteiger partial charge in [-0.3, -0.25) is 4.57 Å². The van der Waals surface area contributed by atoms with Crippen LogP contribution in [0.1, 0.15) is 34.3 Å². The number of aliphatic hydroxyl groups excluding tert-OH is 1. The second kappa shape index (κ2) is 16.2. The van der Waals surface area contributed by atoms with Gasteiger partial charge >= 0.3 is 5.97 Å². The summed E-state index contributed by atoms with van der Waals surface area (Å²) in [6, 6.07) is 11.2. The van der Waals surface area contributed by atoms with E-state index in [0.29, 0.717) is 54.6 Å². The molecular formula is C31H40N6O5S2Si. The molecule has 0 aliphatic carbocycles. The van der Waals surface area contributed by atoms with Gasteiger partial charge in [-0.05, 0) is 50.1 Å². The number of aryl methyl sites for hydroxylation is 1. The molecule has 0 bridgehead atoms. The number of carbonyl (C=O) groups excluding carboxylic acids is 1. The van der Waals surface area contributed by atoms with E-state index in [9.17, 15) is 9.90 Å². The minimum atomic E-state index is -1.21. The molecule has 0 aliphatic rings. The van der Waals surface area contributed by atoms with Crippen molar-refractivity contribution in [1.29, 1.82) is 0 Å². The maximum atomic E-state index is 12.7. The summed E-state index contributed by atoms with van der Waals surface area (Å²) in [5.74, 6) is 5.91. The molecule has 0 fully saturated rings. The highest BCUT2D eigenvalue weighted by Crippen LogP contribution is 2.32. The number of hydrogen-bond acceptors (Lipinski definition) is 12. The highest BCUT2D eigenvalue weighted by atomic mass is 32.1. The molecule has 240 valence electrons. The fourth-order valence-electron chi connectivity index (χ4n) is 4.20. The van der Waals surface area contributed by atoms with Crippen molar-refractivity contribution >= 4 is 63.7 Å². The zero-order valence-electron chi connectivity index (χ0n) is 26.6. The Labute approximate surface area is 272 Å². The van der Waals surface area contributed by atoms with E-state index in [2.05, 4.69) is 63.4 Å². The summed E-state index contributed by atoms with van der Waals surface area (Å²) in [6.45, 7) is 12.7. The van der Waals surface area contributed by atoms with Crippen LogP contribution >= 0.6 is 22.7 Å². The van der Waals surface area contributed by atoms with E-state index < -0.39 is 14.0 Å². The maximum absolute atomic E-state index is 12.7. The molecule has 3 heterocycles. The first kappa shape index (κ1) is 34.4. The minimum absolute atomic E-state index is 0.104. The van der Waals surface area contributed by atoms with Crippen LogP contribution in [0.2, 0.25) is 25.7 Å². The number of nitrogens with zero attached hydrogens (tertiary/aromatic N) is 6. The van der Waals surface area contributed by atoms with Gasteiger partial charge < -0.3 is 24.2 Å². The number of thiazole rings is 2. The first-order valence-electron chi connectivity index (χ1n) is 14.7. The van der Waals surface area contributed by atoms with Crippen LogP contribution in [-0.2, 0) is 20.9 Å². The summed E-state index contributed by atoms with van der Waals surface area (Å²) in [6.07, 6.45) is 0.675. The Balaban J connectivity index is 1.70. The van der Waals surface area contributed by atoms with Gasteiger partial charge in [0, 0.05) is 34.9 Å². The summed E-state index contributed by atoms with van der Waals surface area (Å²) in [4.78, 5) is 25.2. The van der Waals surface area contributed by atoms with E-state index in [4.69, 9.17) is 19.2 Å². The van der Waals surface area contributed by atoms with Crippen molar-refractivity contribution in [3.8, 4) is 11.8 Å². The van der Waals surface area contributed by atoms with Crippen molar-refractivity contribution in [2.45, 2.75) is 52.7 Å². The van der Waals surface area contributed by atoms with Gasteiger partial charge in [-0.25, -0.2) is 9.78 Å². The van der Waals surface area contributed by atoms with Gasteiger partial charge in [0.1, 0.15) is 18.2 Å². The Bertz CT molecular complexity index is 1730. The van der Waals surface area contributed by atoms with Crippen LogP contribution in [0.15, 0.2) is 35.3 Å². The SMILES string of the molecule is CCOC(=O)c1nc(N(CCCOC)c2cc(C)c(/N=c3\sc4ccccc4n3COCC[Si](C)(C)C)nn2)sc1C#CCO. The van der Waals surface area contributed by atoms with Gasteiger partial charge in [0.25, 0.3) is 0 Å². The zero-order valence-corrected chi connectivity index (χ0v) is 29.3. The van der Waals surface area contributed by atoms with E-state index in [1.165, 1.54) is 11.3 Å². The topological polar surface area (TPSA) is 124 Å². The number of esters is 1. The molecule has 0 radical (unpaired) electrons. The predicted octanol–water partition coefficient (Wildman–Crippen LogP) is 5.50. The van der Waals surface area contributed by atoms with E-state index in [1.54, 1.807) is 25.4 Å². The largest absolute Gasteiger partial charge is 0.461 e. The highest BCUT2D eigenvalue weighted by Gasteiger charge is 2.24. The van der Waals surface area contributed by atoms with E-state index in [0.717, 1.165) is 26.6 Å². The lowest BCUT2D eigenvalue weighted by atomic mass is 10.3. The third-order valence-corrected chi connectivity index (χ3v) is 10.3. The lowest BCUT2D eigenvalue weighted by Gasteiger charge is -2.20. The predicted molar refractivity (Wildman–Crippen MR) is 181 cm³/mol. The van der Waals surface area contributed by atoms with Crippen LogP contribution in [0.5, 0.6) is 0 Å². The molecule has 4 rings (SSSR count). The second-order valence-corrected chi connectivity index (χ2v) is 18.9. The van der Waals surface area contributed by atoms with Gasteiger partial charge in [-0.1, -0.05) is 66.3 Å². The number of benzene rings is 1. The number of carbonyl (C=O) groups is 1. The van der Waals surface area contributed by atoms with Crippen molar-refractivity contribution in [3.63, 3.8) is 0 Å². The standard InChI is InChI=1S/C31H40N6O5S2Si/c1-7-42-29(39)27-25(14-10-16-38)44-30(32-27)36(15-11-17-40-3)26-20-22(2)28(35-34-26)33-31-37(21-41-18-19-45(4,5)6)23-12-8-9-13-24(23)43-31/h8-9,12-13,20,38H,7,11,15-19,21H2,1-6H3/b33-31-. The number of anilines is 2. The summed E-state index contributed by atoms with van der Waals surface area (Å²) >= 11 is 2.81. The number of hydrogen-bond donors (Lipinski definition) is 1. The van der Waals surface area contributed by atoms with Crippen molar-refractivity contribution in [2.75, 3.05) is 45.0 Å². The van der Waals surface area contributed by atoms with Gasteiger partial charge in [0.2, 0.25) is 0 Å². The molecule has 0 unspecified atom stereocenters. The van der Waals surface area contributed by atoms with E-state index in [-0.39, 0.29) is 18.9 Å². The monoisotopic (exact) mass is 668 g/mol. The molecule has 3 aromatic heterocycles. The number of fused-ring (bicyclic) bond motifs is 1. The van der Waals surface area contributed by atoms with Gasteiger partial charge in [0.05, 0.1) is 16.8 Å². The molecule has 14 heteroatoms. The molecule has 45 heavy (non-hydrogen) atoms. The summed E-state index contributed by atoms with van der Waals surface area (Å²) in [5.41, 5.74) is 1.98. The van der Waals surface area contributed by atoms with Crippen LogP contribution < -0.4 is 9.70 Å². The van der Waals surface area contributed by atoms with Crippen LogP contribution in [0.4, 0.5) is 16.8 Å². The molecule has 0 spiro atoms. The quantitative estimate of drug-likeness (QED) is 0.0803. The summed E-state index contributed by atoms with van der Waals surface area (Å²) < 4.78 is 19.8. The second-order valence-electron chi connectivity index (χ2n) is 11.3. The maximum Gasteiger partial charge on any atom is 0.359 e. The molecular weight excluding hydrogens is 629 g/mol. The molecule has 0 saturated heterocycles. The van der Waals surface area contributed by atoms with E-state index >= 15 is 0 Å². The molecule has 1 aromatic carbocycles. The van der Waals surface area contributed by atoms with Crippen LogP contribution in [0.25, 0.3) is 10.2 Å². The molecule has 0 aliphatic heterocycles. The first-order valence-corrected chi connectivity index (χ1v) is 20.1. The van der Waals surface area contributed by atoms with E-state index in [1.807, 2.05) is 30.0 Å². The molecule has 0 atom stereocenters. The first-order chi connectivity index (χ1) is 21.6. The third-order valence-electron chi connectivity index (χ3n) is 6.56. The van der Waals surface area contributed by atoms with Crippen molar-refractivity contribution < 1.29 is 24.1 Å². The number of methoxy groups -OCH3 is 1. The lowest BCUT2D eigenvalue weighted by molar-refractivity contribution is 0.0520. The van der Waals surface area contributed by atoms with Crippen LogP contribution in [0, 0.1) is 18.8 Å². The lowest BCUT2D eigenvalue weighted by Crippen LogP contribution is -2.23. The van der Waals surface area contributed by atoms with Gasteiger partial charge in [-0.2, -0.15) is 4.99 Å². The van der Waals surface area contributed by atoms with Crippen molar-refractivity contribution in [3.05, 3.63) is 51.3 Å². The smallest absolute Gasteiger partial charge is 0.359 e. The summed E-state index contributed by atoms with van der Waals surface area (Å²) in [5, 5.41) is 18.8. The zero-order chi connectivity index (χ0) is 32.4. The van der Waals surface area contributed by atoms with Crippen molar-refractivity contribution in [2.24, 2.45) is 4.99 Å². The molecule has 11 nitrogen and oxygen atoms in total. The molecule has 1 N–H and O–H groups in total. The van der Waals surface area contributed by atoms with Gasteiger partial charge in [0.15, 0.2) is 27.3 Å². The molecule has 0 amide bonds. The number of ether oxygens (including phenoxy) is 3. The van der Waals surface area contributed by atoms with Crippen LogP contribution in [-0.4, -0.2) is 79.0 Å². The Morgan fingerprint density at radius 3 is 2.69 bits per heavy atom. The van der Waals surface area contributed by atoms with Crippen LogP contribution in [0.3, 0.4) is 0 Å². The third kappa shape index (κ3) is 9.29. The number of rotatable bonds is 14. The molecule has 0 saturated carbocycles. The average molecular weight is 669 g/mol.